The number of rotatable bonds is 4. The lowest BCUT2D eigenvalue weighted by molar-refractivity contribution is -0.114. The van der Waals surface area contributed by atoms with Crippen LogP contribution in [-0.2, 0) is 4.79 Å². The number of amides is 2. The summed E-state index contributed by atoms with van der Waals surface area (Å²) in [5.41, 5.74) is 1.46. The van der Waals surface area contributed by atoms with Gasteiger partial charge < -0.3 is 15.5 Å². The number of hydrogen-bond donors (Lipinski definition) is 2. The molecule has 0 bridgehead atoms. The minimum absolute atomic E-state index is 0.0518. The quantitative estimate of drug-likeness (QED) is 0.879. The van der Waals surface area contributed by atoms with Crippen molar-refractivity contribution < 1.29 is 9.59 Å². The van der Waals surface area contributed by atoms with E-state index in [2.05, 4.69) is 25.5 Å². The number of nitrogens with zero attached hydrogens (tertiary/aromatic N) is 3. The second-order valence-corrected chi connectivity index (χ2v) is 6.51. The molecule has 2 aromatic rings. The van der Waals surface area contributed by atoms with Crippen molar-refractivity contribution >= 4 is 23.5 Å². The van der Waals surface area contributed by atoms with Crippen LogP contribution in [0.15, 0.2) is 36.5 Å². The Labute approximate surface area is 152 Å². The van der Waals surface area contributed by atoms with Gasteiger partial charge in [0, 0.05) is 43.5 Å². The largest absolute Gasteiger partial charge is 0.355 e. The third-order valence-corrected chi connectivity index (χ3v) is 4.28. The summed E-state index contributed by atoms with van der Waals surface area (Å²) in [5.74, 6) is 0.937. The van der Waals surface area contributed by atoms with E-state index >= 15 is 0 Å². The van der Waals surface area contributed by atoms with E-state index in [4.69, 9.17) is 0 Å². The fourth-order valence-corrected chi connectivity index (χ4v) is 3.10. The van der Waals surface area contributed by atoms with E-state index in [1.807, 2.05) is 25.1 Å². The molecule has 7 nitrogen and oxygen atoms in total. The zero-order valence-electron chi connectivity index (χ0n) is 15.0. The first-order chi connectivity index (χ1) is 12.5. The van der Waals surface area contributed by atoms with Gasteiger partial charge in [-0.25, -0.2) is 9.97 Å². The summed E-state index contributed by atoms with van der Waals surface area (Å²) in [5, 5.41) is 5.67. The number of anilines is 2. The molecular formula is C19H23N5O2. The Kier molecular flexibility index (Phi) is 5.46. The van der Waals surface area contributed by atoms with Crippen LogP contribution in [0.2, 0.25) is 0 Å². The van der Waals surface area contributed by atoms with Crippen LogP contribution in [0, 0.1) is 6.92 Å². The standard InChI is InChI=1S/C19H23N5O2/c1-13-5-3-7-18(21-13)24-10-4-6-16(12-24)23-19(26)15-8-9-20-17(11-15)22-14(2)25/h3,5,7-9,11,16H,4,6,10,12H2,1-2H3,(H,23,26)(H,20,22,25). The summed E-state index contributed by atoms with van der Waals surface area (Å²) >= 11 is 0. The summed E-state index contributed by atoms with van der Waals surface area (Å²) in [4.78, 5) is 34.5. The van der Waals surface area contributed by atoms with E-state index in [1.165, 1.54) is 13.1 Å². The van der Waals surface area contributed by atoms with Gasteiger partial charge in [0.25, 0.3) is 5.91 Å². The molecule has 26 heavy (non-hydrogen) atoms. The van der Waals surface area contributed by atoms with Crippen LogP contribution >= 0.6 is 0 Å². The molecule has 0 aliphatic carbocycles. The molecule has 1 atom stereocenters. The summed E-state index contributed by atoms with van der Waals surface area (Å²) in [6.07, 6.45) is 3.44. The molecule has 0 radical (unpaired) electrons. The minimum Gasteiger partial charge on any atom is -0.355 e. The number of piperidine rings is 1. The van der Waals surface area contributed by atoms with Crippen molar-refractivity contribution in [1.82, 2.24) is 15.3 Å². The van der Waals surface area contributed by atoms with E-state index in [0.717, 1.165) is 37.4 Å². The van der Waals surface area contributed by atoms with Crippen molar-refractivity contribution in [1.29, 1.82) is 0 Å². The molecule has 2 aromatic heterocycles. The van der Waals surface area contributed by atoms with Crippen molar-refractivity contribution in [3.8, 4) is 0 Å². The second-order valence-electron chi connectivity index (χ2n) is 6.51. The van der Waals surface area contributed by atoms with Crippen LogP contribution in [0.1, 0.15) is 35.8 Å². The fraction of sp³-hybridized carbons (Fsp3) is 0.368. The first-order valence-electron chi connectivity index (χ1n) is 8.74. The molecule has 1 aliphatic rings. The van der Waals surface area contributed by atoms with Gasteiger partial charge in [-0.3, -0.25) is 9.59 Å². The number of pyridine rings is 2. The van der Waals surface area contributed by atoms with Gasteiger partial charge in [0.1, 0.15) is 11.6 Å². The number of hydrogen-bond acceptors (Lipinski definition) is 5. The van der Waals surface area contributed by atoms with Gasteiger partial charge >= 0.3 is 0 Å². The Bertz CT molecular complexity index is 808. The summed E-state index contributed by atoms with van der Waals surface area (Å²) in [6.45, 7) is 5.05. The minimum atomic E-state index is -0.219. The summed E-state index contributed by atoms with van der Waals surface area (Å²) in [6, 6.07) is 9.25. The molecule has 7 heteroatoms. The molecular weight excluding hydrogens is 330 g/mol. The molecule has 136 valence electrons. The third kappa shape index (κ3) is 4.56. The zero-order chi connectivity index (χ0) is 18.5. The predicted octanol–water partition coefficient (Wildman–Crippen LogP) is 2.14. The fourth-order valence-electron chi connectivity index (χ4n) is 3.10. The Morgan fingerprint density at radius 1 is 1.27 bits per heavy atom. The molecule has 0 aromatic carbocycles. The highest BCUT2D eigenvalue weighted by Gasteiger charge is 2.23. The molecule has 2 N–H and O–H groups in total. The molecule has 1 unspecified atom stereocenters. The Balaban J connectivity index is 1.65. The van der Waals surface area contributed by atoms with Gasteiger partial charge in [-0.1, -0.05) is 6.07 Å². The number of aryl methyl sites for hydroxylation is 1. The molecule has 3 rings (SSSR count). The molecule has 1 aliphatic heterocycles. The molecule has 0 spiro atoms. The first kappa shape index (κ1) is 17.8. The van der Waals surface area contributed by atoms with Crippen LogP contribution in [0.25, 0.3) is 0 Å². The molecule has 2 amide bonds. The third-order valence-electron chi connectivity index (χ3n) is 4.28. The van der Waals surface area contributed by atoms with Gasteiger partial charge in [-0.05, 0) is 44.0 Å². The monoisotopic (exact) mass is 353 g/mol. The van der Waals surface area contributed by atoms with Crippen molar-refractivity contribution in [3.63, 3.8) is 0 Å². The summed E-state index contributed by atoms with van der Waals surface area (Å²) < 4.78 is 0. The Hall–Kier alpha value is -2.96. The van der Waals surface area contributed by atoms with E-state index in [1.54, 1.807) is 12.1 Å². The number of carbonyl (C=O) groups is 2. The van der Waals surface area contributed by atoms with Crippen LogP contribution in [0.5, 0.6) is 0 Å². The topological polar surface area (TPSA) is 87.2 Å². The molecule has 1 saturated heterocycles. The Morgan fingerprint density at radius 3 is 2.88 bits per heavy atom. The highest BCUT2D eigenvalue weighted by molar-refractivity contribution is 5.96. The molecule has 0 saturated carbocycles. The van der Waals surface area contributed by atoms with Gasteiger partial charge in [-0.2, -0.15) is 0 Å². The zero-order valence-corrected chi connectivity index (χ0v) is 15.0. The van der Waals surface area contributed by atoms with Crippen LogP contribution in [0.4, 0.5) is 11.6 Å². The van der Waals surface area contributed by atoms with E-state index in [-0.39, 0.29) is 17.9 Å². The maximum atomic E-state index is 12.6. The maximum Gasteiger partial charge on any atom is 0.251 e. The van der Waals surface area contributed by atoms with Crippen LogP contribution < -0.4 is 15.5 Å². The number of aromatic nitrogens is 2. The maximum absolute atomic E-state index is 12.6. The van der Waals surface area contributed by atoms with Crippen molar-refractivity contribution in [3.05, 3.63) is 47.8 Å². The van der Waals surface area contributed by atoms with Crippen LogP contribution in [0.3, 0.4) is 0 Å². The van der Waals surface area contributed by atoms with E-state index < -0.39 is 0 Å². The predicted molar refractivity (Wildman–Crippen MR) is 100 cm³/mol. The van der Waals surface area contributed by atoms with Gasteiger partial charge in [0.15, 0.2) is 0 Å². The van der Waals surface area contributed by atoms with E-state index in [0.29, 0.717) is 11.4 Å². The smallest absolute Gasteiger partial charge is 0.251 e. The Morgan fingerprint density at radius 2 is 2.12 bits per heavy atom. The number of nitrogens with one attached hydrogen (secondary N) is 2. The van der Waals surface area contributed by atoms with E-state index in [9.17, 15) is 9.59 Å². The van der Waals surface area contributed by atoms with Crippen molar-refractivity contribution in [2.75, 3.05) is 23.3 Å². The lowest BCUT2D eigenvalue weighted by Gasteiger charge is -2.34. The van der Waals surface area contributed by atoms with Crippen LogP contribution in [-0.4, -0.2) is 40.9 Å². The highest BCUT2D eigenvalue weighted by Crippen LogP contribution is 2.18. The summed E-state index contributed by atoms with van der Waals surface area (Å²) in [7, 11) is 0. The SMILES string of the molecule is CC(=O)Nc1cc(C(=O)NC2CCCN(c3cccc(C)n3)C2)ccn1. The van der Waals surface area contributed by atoms with Gasteiger partial charge in [0.2, 0.25) is 5.91 Å². The molecule has 1 fully saturated rings. The molecule has 3 heterocycles. The van der Waals surface area contributed by atoms with Gasteiger partial charge in [0.05, 0.1) is 0 Å². The van der Waals surface area contributed by atoms with Crippen molar-refractivity contribution in [2.45, 2.75) is 32.7 Å². The van der Waals surface area contributed by atoms with Gasteiger partial charge in [-0.15, -0.1) is 0 Å². The second kappa shape index (κ2) is 7.95. The average Bonchev–Trinajstić information content (AvgIpc) is 2.61. The highest BCUT2D eigenvalue weighted by atomic mass is 16.2. The van der Waals surface area contributed by atoms with Crippen molar-refractivity contribution in [2.24, 2.45) is 0 Å². The number of carbonyl (C=O) groups excluding carboxylic acids is 2. The lowest BCUT2D eigenvalue weighted by atomic mass is 10.0. The normalized spacial score (nSPS) is 16.8. The first-order valence-corrected chi connectivity index (χ1v) is 8.74. The lowest BCUT2D eigenvalue weighted by Crippen LogP contribution is -2.48. The average molecular weight is 353 g/mol.